The summed E-state index contributed by atoms with van der Waals surface area (Å²) in [5, 5.41) is 23.9. The monoisotopic (exact) mass is 440 g/mol. The van der Waals surface area contributed by atoms with Gasteiger partial charge >= 0.3 is 0 Å². The van der Waals surface area contributed by atoms with Crippen LogP contribution in [-0.2, 0) is 0 Å². The Hall–Kier alpha value is -2.17. The first kappa shape index (κ1) is 21.7. The lowest BCUT2D eigenvalue weighted by Gasteiger charge is -2.58. The molecule has 1 aromatic rings. The van der Waals surface area contributed by atoms with Gasteiger partial charge in [-0.1, -0.05) is 12.1 Å². The van der Waals surface area contributed by atoms with Crippen LogP contribution >= 0.6 is 0 Å². The Morgan fingerprint density at radius 1 is 1.25 bits per heavy atom. The minimum atomic E-state index is -0.465. The third-order valence-corrected chi connectivity index (χ3v) is 8.28. The number of nitrogens with one attached hydrogen (secondary N) is 1. The van der Waals surface area contributed by atoms with Crippen LogP contribution in [0.2, 0.25) is 0 Å². The van der Waals surface area contributed by atoms with Gasteiger partial charge in [-0.15, -0.1) is 0 Å². The summed E-state index contributed by atoms with van der Waals surface area (Å²) in [6, 6.07) is 6.85. The molecule has 4 aliphatic carbocycles. The van der Waals surface area contributed by atoms with Gasteiger partial charge in [0, 0.05) is 19.1 Å². The summed E-state index contributed by atoms with van der Waals surface area (Å²) in [5.41, 5.74) is -0.465. The smallest absolute Gasteiger partial charge is 0.207 e. The first-order chi connectivity index (χ1) is 15.4. The lowest BCUT2D eigenvalue weighted by atomic mass is 9.52. The molecular formula is C25H33FN4O2. The summed E-state index contributed by atoms with van der Waals surface area (Å²) in [4.78, 5) is 6.52. The number of nitriles is 1. The zero-order chi connectivity index (χ0) is 22.3. The number of hydrogen-bond acceptors (Lipinski definition) is 5. The second kappa shape index (κ2) is 8.64. The van der Waals surface area contributed by atoms with Crippen molar-refractivity contribution in [3.63, 3.8) is 0 Å². The van der Waals surface area contributed by atoms with Crippen molar-refractivity contribution in [1.29, 1.82) is 5.26 Å². The summed E-state index contributed by atoms with van der Waals surface area (Å²) in [7, 11) is 0. The minimum absolute atomic E-state index is 0.00401. The molecule has 0 amide bonds. The molecule has 6 nitrogen and oxygen atoms in total. The maximum Gasteiger partial charge on any atom is 0.207 e. The summed E-state index contributed by atoms with van der Waals surface area (Å²) < 4.78 is 19.8. The van der Waals surface area contributed by atoms with Crippen molar-refractivity contribution in [2.75, 3.05) is 13.1 Å². The van der Waals surface area contributed by atoms with Gasteiger partial charge in [-0.3, -0.25) is 4.90 Å². The van der Waals surface area contributed by atoms with Gasteiger partial charge in [-0.2, -0.15) is 10.3 Å². The normalized spacial score (nSPS) is 36.0. The fraction of sp³-hybridized carbons (Fsp3) is 0.680. The number of hydrogen-bond donors (Lipinski definition) is 2. The highest BCUT2D eigenvalue weighted by molar-refractivity contribution is 5.88. The Balaban J connectivity index is 1.20. The number of likely N-dealkylation sites (tertiary alicyclic amines) is 1. The van der Waals surface area contributed by atoms with E-state index in [1.807, 2.05) is 6.19 Å². The Kier molecular flexibility index (Phi) is 5.85. The fourth-order valence-corrected chi connectivity index (χ4v) is 6.96. The molecule has 4 bridgehead atoms. The average Bonchev–Trinajstić information content (AvgIpc) is 2.76. The number of halogens is 1. The maximum atomic E-state index is 13.9. The van der Waals surface area contributed by atoms with Gasteiger partial charge in [0.25, 0.3) is 0 Å². The van der Waals surface area contributed by atoms with Gasteiger partial charge in [0.2, 0.25) is 6.19 Å². The van der Waals surface area contributed by atoms with E-state index in [0.29, 0.717) is 29.5 Å². The molecular weight excluding hydrogens is 407 g/mol. The number of nitrogens with zero attached hydrogens (tertiary/aromatic N) is 3. The highest BCUT2D eigenvalue weighted by atomic mass is 19.1. The van der Waals surface area contributed by atoms with Crippen molar-refractivity contribution in [1.82, 2.24) is 10.2 Å². The number of aliphatic hydroxyl groups is 1. The Bertz CT molecular complexity index is 891. The van der Waals surface area contributed by atoms with Gasteiger partial charge in [-0.25, -0.2) is 4.39 Å². The maximum absolute atomic E-state index is 13.9. The molecule has 4 saturated carbocycles. The minimum Gasteiger partial charge on any atom is -0.487 e. The van der Waals surface area contributed by atoms with Gasteiger partial charge in [0.05, 0.1) is 11.6 Å². The molecule has 0 aromatic heterocycles. The van der Waals surface area contributed by atoms with Crippen LogP contribution in [0.1, 0.15) is 51.9 Å². The van der Waals surface area contributed by atoms with Gasteiger partial charge in [0.1, 0.15) is 11.9 Å². The molecule has 2 N–H and O–H groups in total. The van der Waals surface area contributed by atoms with Crippen molar-refractivity contribution in [3.05, 3.63) is 30.1 Å². The second-order valence-electron chi connectivity index (χ2n) is 10.4. The van der Waals surface area contributed by atoms with Crippen molar-refractivity contribution in [3.8, 4) is 11.9 Å². The molecule has 5 aliphatic rings. The highest BCUT2D eigenvalue weighted by Gasteiger charge is 2.55. The van der Waals surface area contributed by atoms with Crippen LogP contribution in [0, 0.1) is 35.0 Å². The third-order valence-electron chi connectivity index (χ3n) is 8.28. The lowest BCUT2D eigenvalue weighted by molar-refractivity contribution is -0.136. The Morgan fingerprint density at radius 2 is 1.94 bits per heavy atom. The van der Waals surface area contributed by atoms with E-state index in [9.17, 15) is 14.8 Å². The molecule has 0 radical (unpaired) electrons. The predicted molar refractivity (Wildman–Crippen MR) is 120 cm³/mol. The molecule has 6 rings (SSSR count). The molecule has 172 valence electrons. The summed E-state index contributed by atoms with van der Waals surface area (Å²) in [6.07, 6.45) is 8.64. The van der Waals surface area contributed by atoms with Crippen LogP contribution in [0.25, 0.3) is 0 Å². The van der Waals surface area contributed by atoms with E-state index in [1.165, 1.54) is 18.9 Å². The molecule has 3 unspecified atom stereocenters. The number of ether oxygens (including phenoxy) is 1. The van der Waals surface area contributed by atoms with E-state index in [4.69, 9.17) is 4.74 Å². The van der Waals surface area contributed by atoms with E-state index >= 15 is 0 Å². The van der Waals surface area contributed by atoms with Gasteiger partial charge in [0.15, 0.2) is 11.6 Å². The Labute approximate surface area is 189 Å². The number of amidine groups is 1. The van der Waals surface area contributed by atoms with Crippen molar-refractivity contribution in [2.45, 2.75) is 75.7 Å². The molecule has 1 saturated heterocycles. The van der Waals surface area contributed by atoms with Crippen LogP contribution in [-0.4, -0.2) is 52.7 Å². The van der Waals surface area contributed by atoms with E-state index in [2.05, 4.69) is 22.1 Å². The highest BCUT2D eigenvalue weighted by Crippen LogP contribution is 2.55. The molecule has 1 heterocycles. The third kappa shape index (κ3) is 4.23. The van der Waals surface area contributed by atoms with Crippen molar-refractivity contribution < 1.29 is 14.2 Å². The van der Waals surface area contributed by atoms with Crippen molar-refractivity contribution in [2.24, 2.45) is 22.7 Å². The second-order valence-corrected chi connectivity index (χ2v) is 10.4. The fourth-order valence-electron chi connectivity index (χ4n) is 6.96. The molecule has 5 fully saturated rings. The molecule has 7 heteroatoms. The topological polar surface area (TPSA) is 80.9 Å². The van der Waals surface area contributed by atoms with Gasteiger partial charge < -0.3 is 15.2 Å². The standard InChI is InChI=1S/C25H33FN4O2/c1-16(30-8-6-20(7-9-30)32-22-5-3-2-4-21(22)26)24(28-15-27)29-23-18-10-17-11-19(23)14-25(31,12-17)13-18/h2-5,16-20,23,31H,6-14H2,1H3,(H,28,29). The number of piperidine rings is 1. The average molecular weight is 441 g/mol. The number of benzene rings is 1. The number of aliphatic imine (C=N–C) groups is 1. The molecule has 3 atom stereocenters. The van der Waals surface area contributed by atoms with E-state index < -0.39 is 5.60 Å². The summed E-state index contributed by atoms with van der Waals surface area (Å²) in [6.45, 7) is 3.72. The quantitative estimate of drug-likeness (QED) is 0.416. The lowest BCUT2D eigenvalue weighted by Crippen LogP contribution is -2.63. The van der Waals surface area contributed by atoms with Crippen LogP contribution in [0.5, 0.6) is 5.75 Å². The van der Waals surface area contributed by atoms with E-state index in [1.54, 1.807) is 18.2 Å². The van der Waals surface area contributed by atoms with Crippen LogP contribution in [0.4, 0.5) is 4.39 Å². The Morgan fingerprint density at radius 3 is 2.56 bits per heavy atom. The van der Waals surface area contributed by atoms with Crippen molar-refractivity contribution >= 4 is 5.84 Å². The number of rotatable bonds is 5. The SMILES string of the molecule is CC(/C(=N\C#N)NC1C2CC3CC1CC(O)(C3)C2)N1CCC(Oc2ccccc2F)CC1. The van der Waals surface area contributed by atoms with Crippen LogP contribution in [0.15, 0.2) is 29.3 Å². The zero-order valence-electron chi connectivity index (χ0n) is 18.7. The first-order valence-corrected chi connectivity index (χ1v) is 12.0. The first-order valence-electron chi connectivity index (χ1n) is 12.0. The van der Waals surface area contributed by atoms with E-state index in [-0.39, 0.29) is 18.0 Å². The summed E-state index contributed by atoms with van der Waals surface area (Å²) in [5.74, 6) is 2.31. The molecule has 32 heavy (non-hydrogen) atoms. The van der Waals surface area contributed by atoms with E-state index in [0.717, 1.165) is 51.0 Å². The molecule has 1 aromatic carbocycles. The largest absolute Gasteiger partial charge is 0.487 e. The van der Waals surface area contributed by atoms with Crippen LogP contribution < -0.4 is 10.1 Å². The zero-order valence-corrected chi connectivity index (χ0v) is 18.7. The van der Waals surface area contributed by atoms with Crippen LogP contribution in [0.3, 0.4) is 0 Å². The predicted octanol–water partition coefficient (Wildman–Crippen LogP) is 3.47. The number of para-hydroxylation sites is 1. The summed E-state index contributed by atoms with van der Waals surface area (Å²) >= 11 is 0. The molecule has 1 aliphatic heterocycles. The molecule has 0 spiro atoms. The van der Waals surface area contributed by atoms with Gasteiger partial charge in [-0.05, 0) is 81.8 Å².